The van der Waals surface area contributed by atoms with Crippen LogP contribution >= 0.6 is 11.8 Å². The van der Waals surface area contributed by atoms with Gasteiger partial charge in [0.2, 0.25) is 0 Å². The maximum Gasteiger partial charge on any atom is 0.256 e. The van der Waals surface area contributed by atoms with Crippen LogP contribution in [0.4, 0.5) is 0 Å². The summed E-state index contributed by atoms with van der Waals surface area (Å²) in [6, 6.07) is 0.571. The SMILES string of the molecule is CCNC1CC(C)CC(C)C1Sc1nc(C)c(C)o1. The van der Waals surface area contributed by atoms with Crippen LogP contribution in [0.1, 0.15) is 45.1 Å². The van der Waals surface area contributed by atoms with E-state index in [1.54, 1.807) is 0 Å². The van der Waals surface area contributed by atoms with E-state index in [2.05, 4.69) is 31.1 Å². The van der Waals surface area contributed by atoms with Crippen LogP contribution in [0.15, 0.2) is 9.64 Å². The standard InChI is InChI=1S/C15H26N2OS/c1-6-16-13-8-9(2)7-10(3)14(13)19-15-17-11(4)12(5)18-15/h9-10,13-14,16H,6-8H2,1-5H3. The van der Waals surface area contributed by atoms with Gasteiger partial charge in [-0.1, -0.05) is 32.5 Å². The highest BCUT2D eigenvalue weighted by Gasteiger charge is 2.35. The van der Waals surface area contributed by atoms with E-state index in [0.717, 1.165) is 29.1 Å². The second kappa shape index (κ2) is 6.31. The average molecular weight is 282 g/mol. The highest BCUT2D eigenvalue weighted by atomic mass is 32.2. The minimum absolute atomic E-state index is 0.564. The molecule has 1 aliphatic carbocycles. The lowest BCUT2D eigenvalue weighted by atomic mass is 9.80. The summed E-state index contributed by atoms with van der Waals surface area (Å²) < 4.78 is 5.74. The van der Waals surface area contributed by atoms with E-state index in [1.807, 2.05) is 25.6 Å². The van der Waals surface area contributed by atoms with Crippen LogP contribution < -0.4 is 5.32 Å². The maximum absolute atomic E-state index is 5.74. The van der Waals surface area contributed by atoms with Gasteiger partial charge < -0.3 is 9.73 Å². The third-order valence-electron chi connectivity index (χ3n) is 4.10. The molecule has 3 nitrogen and oxygen atoms in total. The maximum atomic E-state index is 5.74. The van der Waals surface area contributed by atoms with Crippen LogP contribution in [0.25, 0.3) is 0 Å². The second-order valence-electron chi connectivity index (χ2n) is 5.92. The van der Waals surface area contributed by atoms with Crippen molar-refractivity contribution in [3.05, 3.63) is 11.5 Å². The quantitative estimate of drug-likeness (QED) is 0.911. The normalized spacial score (nSPS) is 31.6. The number of rotatable bonds is 4. The minimum atomic E-state index is 0.564. The first kappa shape index (κ1) is 14.9. The molecule has 1 saturated carbocycles. The highest BCUT2D eigenvalue weighted by Crippen LogP contribution is 2.39. The topological polar surface area (TPSA) is 38.1 Å². The van der Waals surface area contributed by atoms with Crippen LogP contribution in [-0.2, 0) is 0 Å². The Hall–Kier alpha value is -0.480. The van der Waals surface area contributed by atoms with Crippen molar-refractivity contribution in [1.82, 2.24) is 10.3 Å². The fourth-order valence-corrected chi connectivity index (χ4v) is 4.41. The summed E-state index contributed by atoms with van der Waals surface area (Å²) >= 11 is 1.82. The molecule has 108 valence electrons. The first-order chi connectivity index (χ1) is 9.01. The van der Waals surface area contributed by atoms with Crippen LogP contribution in [0.3, 0.4) is 0 Å². The van der Waals surface area contributed by atoms with E-state index < -0.39 is 0 Å². The van der Waals surface area contributed by atoms with Gasteiger partial charge in [-0.25, -0.2) is 4.98 Å². The largest absolute Gasteiger partial charge is 0.437 e. The van der Waals surface area contributed by atoms with Crippen LogP contribution in [0, 0.1) is 25.7 Å². The molecule has 1 N–H and O–H groups in total. The molecule has 4 atom stereocenters. The van der Waals surface area contributed by atoms with Gasteiger partial charge in [-0.15, -0.1) is 0 Å². The molecule has 1 heterocycles. The van der Waals surface area contributed by atoms with Crippen LogP contribution in [0.2, 0.25) is 0 Å². The average Bonchev–Trinajstić information content (AvgIpc) is 2.63. The number of aromatic nitrogens is 1. The molecule has 0 radical (unpaired) electrons. The van der Waals surface area contributed by atoms with Crippen LogP contribution in [-0.4, -0.2) is 22.8 Å². The minimum Gasteiger partial charge on any atom is -0.437 e. The molecule has 0 aliphatic heterocycles. The van der Waals surface area contributed by atoms with Gasteiger partial charge in [-0.05, 0) is 45.1 Å². The van der Waals surface area contributed by atoms with Crippen molar-refractivity contribution in [3.63, 3.8) is 0 Å². The molecule has 2 rings (SSSR count). The molecule has 0 bridgehead atoms. The molecule has 1 fully saturated rings. The van der Waals surface area contributed by atoms with Gasteiger partial charge >= 0.3 is 0 Å². The van der Waals surface area contributed by atoms with Gasteiger partial charge in [0.15, 0.2) is 0 Å². The Balaban J connectivity index is 2.10. The van der Waals surface area contributed by atoms with Crippen molar-refractivity contribution < 1.29 is 4.42 Å². The van der Waals surface area contributed by atoms with E-state index in [-0.39, 0.29) is 0 Å². The highest BCUT2D eigenvalue weighted by molar-refractivity contribution is 7.99. The molecule has 0 saturated heterocycles. The zero-order valence-electron chi connectivity index (χ0n) is 12.7. The summed E-state index contributed by atoms with van der Waals surface area (Å²) in [5, 5.41) is 5.05. The monoisotopic (exact) mass is 282 g/mol. The Bertz CT molecular complexity index is 399. The van der Waals surface area contributed by atoms with Gasteiger partial charge in [-0.2, -0.15) is 0 Å². The molecular formula is C15H26N2OS. The molecule has 19 heavy (non-hydrogen) atoms. The Morgan fingerprint density at radius 2 is 2.05 bits per heavy atom. The lowest BCUT2D eigenvalue weighted by Crippen LogP contribution is -2.46. The fraction of sp³-hybridized carbons (Fsp3) is 0.800. The predicted molar refractivity (Wildman–Crippen MR) is 80.6 cm³/mol. The second-order valence-corrected chi connectivity index (χ2v) is 7.05. The molecule has 0 aromatic carbocycles. The molecule has 1 aromatic heterocycles. The Labute approximate surface area is 120 Å². The van der Waals surface area contributed by atoms with Gasteiger partial charge in [0.05, 0.1) is 5.69 Å². The van der Waals surface area contributed by atoms with Gasteiger partial charge in [-0.3, -0.25) is 0 Å². The van der Waals surface area contributed by atoms with E-state index >= 15 is 0 Å². The van der Waals surface area contributed by atoms with Crippen molar-refractivity contribution >= 4 is 11.8 Å². The summed E-state index contributed by atoms with van der Waals surface area (Å²) in [4.78, 5) is 4.52. The van der Waals surface area contributed by atoms with E-state index in [9.17, 15) is 0 Å². The molecule has 4 heteroatoms. The molecule has 4 unspecified atom stereocenters. The van der Waals surface area contributed by atoms with Gasteiger partial charge in [0, 0.05) is 11.3 Å². The first-order valence-electron chi connectivity index (χ1n) is 7.35. The molecule has 1 aromatic rings. The number of hydrogen-bond acceptors (Lipinski definition) is 4. The van der Waals surface area contributed by atoms with Crippen molar-refractivity contribution in [2.45, 2.75) is 64.0 Å². The first-order valence-corrected chi connectivity index (χ1v) is 8.23. The summed E-state index contributed by atoms with van der Waals surface area (Å²) in [6.45, 7) is 11.9. The Kier molecular flexibility index (Phi) is 4.96. The number of thioether (sulfide) groups is 1. The number of nitrogens with one attached hydrogen (secondary N) is 1. The van der Waals surface area contributed by atoms with Crippen molar-refractivity contribution in [2.24, 2.45) is 11.8 Å². The number of aryl methyl sites for hydroxylation is 2. The van der Waals surface area contributed by atoms with Crippen molar-refractivity contribution in [1.29, 1.82) is 0 Å². The van der Waals surface area contributed by atoms with Gasteiger partial charge in [0.1, 0.15) is 5.76 Å². The smallest absolute Gasteiger partial charge is 0.256 e. The summed E-state index contributed by atoms with van der Waals surface area (Å²) in [5.41, 5.74) is 1.01. The predicted octanol–water partition coefficient (Wildman–Crippen LogP) is 3.80. The van der Waals surface area contributed by atoms with Gasteiger partial charge in [0.25, 0.3) is 5.22 Å². The third kappa shape index (κ3) is 3.54. The summed E-state index contributed by atoms with van der Waals surface area (Å²) in [7, 11) is 0. The zero-order chi connectivity index (χ0) is 14.0. The molecule has 1 aliphatic rings. The van der Waals surface area contributed by atoms with E-state index in [1.165, 1.54) is 12.8 Å². The fourth-order valence-electron chi connectivity index (χ4n) is 3.10. The number of oxazole rings is 1. The van der Waals surface area contributed by atoms with Crippen molar-refractivity contribution in [2.75, 3.05) is 6.54 Å². The van der Waals surface area contributed by atoms with E-state index in [0.29, 0.717) is 17.2 Å². The third-order valence-corrected chi connectivity index (χ3v) is 5.54. The van der Waals surface area contributed by atoms with Crippen LogP contribution in [0.5, 0.6) is 0 Å². The zero-order valence-corrected chi connectivity index (χ0v) is 13.5. The molecule has 0 spiro atoms. The summed E-state index contributed by atoms with van der Waals surface area (Å²) in [6.07, 6.45) is 2.56. The van der Waals surface area contributed by atoms with Crippen molar-refractivity contribution in [3.8, 4) is 0 Å². The molecular weight excluding hydrogens is 256 g/mol. The number of hydrogen-bond donors (Lipinski definition) is 1. The lowest BCUT2D eigenvalue weighted by molar-refractivity contribution is 0.250. The molecule has 0 amide bonds. The number of nitrogens with zero attached hydrogens (tertiary/aromatic N) is 1. The summed E-state index contributed by atoms with van der Waals surface area (Å²) in [5.74, 6) is 2.45. The Morgan fingerprint density at radius 3 is 2.63 bits per heavy atom. The lowest BCUT2D eigenvalue weighted by Gasteiger charge is -2.39. The Morgan fingerprint density at radius 1 is 1.32 bits per heavy atom. The van der Waals surface area contributed by atoms with E-state index in [4.69, 9.17) is 4.42 Å².